The number of alkyl halides is 2. The Morgan fingerprint density at radius 3 is 2.81 bits per heavy atom. The molecule has 1 fully saturated rings. The van der Waals surface area contributed by atoms with Crippen LogP contribution in [0.25, 0.3) is 0 Å². The summed E-state index contributed by atoms with van der Waals surface area (Å²) in [5.74, 6) is -6.27. The van der Waals surface area contributed by atoms with Gasteiger partial charge in [0.05, 0.1) is 0 Å². The molecular formula is C9H10F2N2O3. The van der Waals surface area contributed by atoms with Crippen molar-refractivity contribution in [3.63, 3.8) is 0 Å². The lowest BCUT2D eigenvalue weighted by Crippen LogP contribution is -2.30. The van der Waals surface area contributed by atoms with E-state index in [2.05, 4.69) is 14.7 Å². The first-order valence-electron chi connectivity index (χ1n) is 4.95. The first-order valence-corrected chi connectivity index (χ1v) is 4.95. The van der Waals surface area contributed by atoms with Crippen LogP contribution in [-0.2, 0) is 0 Å². The number of hydrogen-bond acceptors (Lipinski definition) is 4. The molecule has 1 N–H and O–H groups in total. The van der Waals surface area contributed by atoms with Crippen molar-refractivity contribution in [1.82, 2.24) is 10.1 Å². The molecule has 0 amide bonds. The van der Waals surface area contributed by atoms with Gasteiger partial charge in [0.2, 0.25) is 5.89 Å². The molecule has 1 aromatic rings. The molecule has 0 radical (unpaired) electrons. The summed E-state index contributed by atoms with van der Waals surface area (Å²) in [6, 6.07) is 0. The lowest BCUT2D eigenvalue weighted by Gasteiger charge is -2.28. The van der Waals surface area contributed by atoms with E-state index < -0.39 is 23.6 Å². The number of halogens is 2. The van der Waals surface area contributed by atoms with Crippen molar-refractivity contribution in [2.24, 2.45) is 0 Å². The topological polar surface area (TPSA) is 76.2 Å². The van der Waals surface area contributed by atoms with Gasteiger partial charge in [-0.2, -0.15) is 4.98 Å². The van der Waals surface area contributed by atoms with E-state index in [9.17, 15) is 13.6 Å². The lowest BCUT2D eigenvalue weighted by atomic mass is 9.85. The van der Waals surface area contributed by atoms with Crippen LogP contribution in [0.2, 0.25) is 0 Å². The highest BCUT2D eigenvalue weighted by atomic mass is 19.3. The lowest BCUT2D eigenvalue weighted by molar-refractivity contribution is -0.0630. The number of hydrogen-bond donors (Lipinski definition) is 1. The average Bonchev–Trinajstić information content (AvgIpc) is 2.65. The third-order valence-electron chi connectivity index (χ3n) is 2.69. The van der Waals surface area contributed by atoms with Crippen LogP contribution in [0.4, 0.5) is 8.78 Å². The van der Waals surface area contributed by atoms with Crippen LogP contribution in [0.5, 0.6) is 0 Å². The second-order valence-electron chi connectivity index (χ2n) is 3.82. The molecule has 16 heavy (non-hydrogen) atoms. The Labute approximate surface area is 89.5 Å². The molecule has 0 spiro atoms. The minimum Gasteiger partial charge on any atom is -0.475 e. The first-order chi connectivity index (χ1) is 7.50. The average molecular weight is 232 g/mol. The molecule has 0 saturated heterocycles. The highest BCUT2D eigenvalue weighted by Crippen LogP contribution is 2.43. The van der Waals surface area contributed by atoms with Gasteiger partial charge in [0.15, 0.2) is 0 Å². The highest BCUT2D eigenvalue weighted by Gasteiger charge is 2.45. The van der Waals surface area contributed by atoms with Crippen molar-refractivity contribution in [2.45, 2.75) is 37.5 Å². The summed E-state index contributed by atoms with van der Waals surface area (Å²) in [6.45, 7) is 0. The van der Waals surface area contributed by atoms with Gasteiger partial charge >= 0.3 is 5.97 Å². The van der Waals surface area contributed by atoms with Gasteiger partial charge in [-0.1, -0.05) is 6.42 Å². The van der Waals surface area contributed by atoms with Gasteiger partial charge < -0.3 is 9.63 Å². The molecule has 1 unspecified atom stereocenters. The fourth-order valence-corrected chi connectivity index (χ4v) is 1.86. The third kappa shape index (κ3) is 1.89. The summed E-state index contributed by atoms with van der Waals surface area (Å²) >= 11 is 0. The number of carboxylic acid groups (broad SMARTS) is 1. The van der Waals surface area contributed by atoms with Crippen molar-refractivity contribution in [1.29, 1.82) is 0 Å². The zero-order valence-corrected chi connectivity index (χ0v) is 8.32. The summed E-state index contributed by atoms with van der Waals surface area (Å²) in [4.78, 5) is 14.0. The predicted molar refractivity (Wildman–Crippen MR) is 47.4 cm³/mol. The molecule has 1 aliphatic rings. The maximum absolute atomic E-state index is 13.5. The molecule has 5 nitrogen and oxygen atoms in total. The Morgan fingerprint density at radius 2 is 2.25 bits per heavy atom. The van der Waals surface area contributed by atoms with Crippen molar-refractivity contribution < 1.29 is 23.2 Å². The monoisotopic (exact) mass is 232 g/mol. The van der Waals surface area contributed by atoms with E-state index in [-0.39, 0.29) is 18.7 Å². The second kappa shape index (κ2) is 3.80. The standard InChI is InChI=1S/C9H10F2N2O3/c10-9(11)4-2-1-3-5(9)7-12-6(8(14)15)13-16-7/h5H,1-4H2,(H,14,15). The quantitative estimate of drug-likeness (QED) is 0.844. The smallest absolute Gasteiger partial charge is 0.377 e. The summed E-state index contributed by atoms with van der Waals surface area (Å²) in [7, 11) is 0. The Balaban J connectivity index is 2.25. The van der Waals surface area contributed by atoms with Crippen molar-refractivity contribution in [2.75, 3.05) is 0 Å². The van der Waals surface area contributed by atoms with Crippen LogP contribution in [0, 0.1) is 0 Å². The molecule has 0 bridgehead atoms. The molecule has 1 atom stereocenters. The first kappa shape index (κ1) is 11.0. The molecule has 0 aliphatic heterocycles. The Hall–Kier alpha value is -1.53. The van der Waals surface area contributed by atoms with Crippen LogP contribution < -0.4 is 0 Å². The van der Waals surface area contributed by atoms with Gasteiger partial charge in [0.1, 0.15) is 5.92 Å². The fourth-order valence-electron chi connectivity index (χ4n) is 1.86. The van der Waals surface area contributed by atoms with Gasteiger partial charge in [-0.15, -0.1) is 0 Å². The van der Waals surface area contributed by atoms with Gasteiger partial charge in [0, 0.05) is 6.42 Å². The molecule has 88 valence electrons. The number of aromatic carboxylic acids is 1. The second-order valence-corrected chi connectivity index (χ2v) is 3.82. The van der Waals surface area contributed by atoms with E-state index >= 15 is 0 Å². The minimum absolute atomic E-state index is 0.220. The van der Waals surface area contributed by atoms with E-state index in [1.54, 1.807) is 0 Å². The van der Waals surface area contributed by atoms with Crippen LogP contribution >= 0.6 is 0 Å². The third-order valence-corrected chi connectivity index (χ3v) is 2.69. The van der Waals surface area contributed by atoms with E-state index in [1.165, 1.54) is 0 Å². The van der Waals surface area contributed by atoms with Crippen LogP contribution in [0.15, 0.2) is 4.52 Å². The number of carboxylic acids is 1. The van der Waals surface area contributed by atoms with E-state index in [1.807, 2.05) is 0 Å². The van der Waals surface area contributed by atoms with Gasteiger partial charge in [0.25, 0.3) is 11.7 Å². The normalized spacial score (nSPS) is 24.2. The molecule has 1 aliphatic carbocycles. The van der Waals surface area contributed by atoms with E-state index in [0.29, 0.717) is 12.8 Å². The zero-order chi connectivity index (χ0) is 11.8. The zero-order valence-electron chi connectivity index (χ0n) is 8.32. The minimum atomic E-state index is -2.89. The van der Waals surface area contributed by atoms with Gasteiger partial charge in [-0.25, -0.2) is 13.6 Å². The molecule has 0 aromatic carbocycles. The summed E-state index contributed by atoms with van der Waals surface area (Å²) in [5, 5.41) is 11.7. The fraction of sp³-hybridized carbons (Fsp3) is 0.667. The Bertz CT molecular complexity index is 405. The van der Waals surface area contributed by atoms with Crippen LogP contribution in [-0.4, -0.2) is 27.1 Å². The largest absolute Gasteiger partial charge is 0.475 e. The number of nitrogens with zero attached hydrogens (tertiary/aromatic N) is 2. The molecular weight excluding hydrogens is 222 g/mol. The Morgan fingerprint density at radius 1 is 1.50 bits per heavy atom. The van der Waals surface area contributed by atoms with Gasteiger partial charge in [-0.05, 0) is 18.0 Å². The molecule has 7 heteroatoms. The molecule has 1 saturated carbocycles. The van der Waals surface area contributed by atoms with E-state index in [4.69, 9.17) is 5.11 Å². The predicted octanol–water partition coefficient (Wildman–Crippen LogP) is 2.06. The number of carbonyl (C=O) groups is 1. The maximum Gasteiger partial charge on any atom is 0.377 e. The van der Waals surface area contributed by atoms with Crippen LogP contribution in [0.1, 0.15) is 48.1 Å². The van der Waals surface area contributed by atoms with E-state index in [0.717, 1.165) is 0 Å². The summed E-state index contributed by atoms with van der Waals surface area (Å²) < 4.78 is 31.6. The SMILES string of the molecule is O=C(O)c1noc(C2CCCCC2(F)F)n1. The van der Waals surface area contributed by atoms with Crippen molar-refractivity contribution >= 4 is 5.97 Å². The maximum atomic E-state index is 13.5. The summed E-state index contributed by atoms with van der Waals surface area (Å²) in [5.41, 5.74) is 0. The number of aromatic nitrogens is 2. The Kier molecular flexibility index (Phi) is 2.61. The number of rotatable bonds is 2. The van der Waals surface area contributed by atoms with Crippen molar-refractivity contribution in [3.05, 3.63) is 11.7 Å². The molecule has 1 heterocycles. The van der Waals surface area contributed by atoms with Gasteiger partial charge in [-0.3, -0.25) is 0 Å². The molecule has 2 rings (SSSR count). The van der Waals surface area contributed by atoms with Crippen molar-refractivity contribution in [3.8, 4) is 0 Å². The highest BCUT2D eigenvalue weighted by molar-refractivity contribution is 5.82. The summed E-state index contributed by atoms with van der Waals surface area (Å²) in [6.07, 6.45) is 1.14. The van der Waals surface area contributed by atoms with Crippen LogP contribution in [0.3, 0.4) is 0 Å². The molecule has 1 aromatic heterocycles.